The van der Waals surface area contributed by atoms with Gasteiger partial charge < -0.3 is 4.74 Å². The van der Waals surface area contributed by atoms with Crippen LogP contribution in [0.15, 0.2) is 30.7 Å². The van der Waals surface area contributed by atoms with Gasteiger partial charge in [0.05, 0.1) is 12.3 Å². The lowest BCUT2D eigenvalue weighted by atomic mass is 10.0. The van der Waals surface area contributed by atoms with Crippen molar-refractivity contribution in [1.29, 1.82) is 0 Å². The molecule has 0 fully saturated rings. The molecule has 0 N–H and O–H groups in total. The molecule has 0 saturated heterocycles. The zero-order valence-corrected chi connectivity index (χ0v) is 15.0. The van der Waals surface area contributed by atoms with Crippen molar-refractivity contribution in [3.8, 4) is 5.75 Å². The van der Waals surface area contributed by atoms with Gasteiger partial charge in [0.1, 0.15) is 5.75 Å². The number of fused-ring (bicyclic) bond motifs is 1. The van der Waals surface area contributed by atoms with Gasteiger partial charge in [-0.15, -0.1) is 0 Å². The standard InChI is InChI=1S/C20H27N3O/c1-4-24-20-12-17-7-5-6-16(17)11-18(20)14-23(3)15(2)10-19-13-21-8-9-22-19/h8-9,11-13,15H,4-7,10,14H2,1-3H3. The minimum absolute atomic E-state index is 0.393. The molecular formula is C20H27N3O. The number of rotatable bonds is 7. The summed E-state index contributed by atoms with van der Waals surface area (Å²) < 4.78 is 5.91. The van der Waals surface area contributed by atoms with Gasteiger partial charge in [-0.25, -0.2) is 0 Å². The van der Waals surface area contributed by atoms with Gasteiger partial charge >= 0.3 is 0 Å². The Morgan fingerprint density at radius 3 is 2.71 bits per heavy atom. The summed E-state index contributed by atoms with van der Waals surface area (Å²) in [6, 6.07) is 5.02. The minimum atomic E-state index is 0.393. The summed E-state index contributed by atoms with van der Waals surface area (Å²) in [4.78, 5) is 10.9. The van der Waals surface area contributed by atoms with Crippen LogP contribution in [0.1, 0.15) is 42.7 Å². The largest absolute Gasteiger partial charge is 0.494 e. The highest BCUT2D eigenvalue weighted by Crippen LogP contribution is 2.31. The van der Waals surface area contributed by atoms with Gasteiger partial charge in [0.15, 0.2) is 0 Å². The fraction of sp³-hybridized carbons (Fsp3) is 0.500. The van der Waals surface area contributed by atoms with E-state index in [4.69, 9.17) is 4.74 Å². The van der Waals surface area contributed by atoms with Crippen LogP contribution in [0.3, 0.4) is 0 Å². The van der Waals surface area contributed by atoms with E-state index in [9.17, 15) is 0 Å². The van der Waals surface area contributed by atoms with Gasteiger partial charge in [-0.1, -0.05) is 6.07 Å². The van der Waals surface area contributed by atoms with Crippen molar-refractivity contribution in [3.05, 3.63) is 53.1 Å². The molecule has 4 nitrogen and oxygen atoms in total. The van der Waals surface area contributed by atoms with Crippen LogP contribution in [0, 0.1) is 0 Å². The lowest BCUT2D eigenvalue weighted by Gasteiger charge is -2.26. The number of ether oxygens (including phenoxy) is 1. The van der Waals surface area contributed by atoms with E-state index in [-0.39, 0.29) is 0 Å². The number of hydrogen-bond acceptors (Lipinski definition) is 4. The maximum absolute atomic E-state index is 5.91. The van der Waals surface area contributed by atoms with Gasteiger partial charge in [0.25, 0.3) is 0 Å². The molecule has 1 aliphatic rings. The third-order valence-electron chi connectivity index (χ3n) is 4.87. The molecule has 0 spiro atoms. The zero-order chi connectivity index (χ0) is 16.9. The van der Waals surface area contributed by atoms with E-state index in [1.807, 2.05) is 6.20 Å². The Balaban J connectivity index is 1.72. The third kappa shape index (κ3) is 3.93. The molecule has 0 aliphatic heterocycles. The fourth-order valence-corrected chi connectivity index (χ4v) is 3.38. The predicted octanol–water partition coefficient (Wildman–Crippen LogP) is 3.43. The number of hydrogen-bond donors (Lipinski definition) is 0. The van der Waals surface area contributed by atoms with Crippen molar-refractivity contribution < 1.29 is 4.74 Å². The van der Waals surface area contributed by atoms with Crippen LogP contribution in [0.25, 0.3) is 0 Å². The maximum atomic E-state index is 5.91. The maximum Gasteiger partial charge on any atom is 0.124 e. The lowest BCUT2D eigenvalue weighted by molar-refractivity contribution is 0.240. The quantitative estimate of drug-likeness (QED) is 0.782. The Bertz CT molecular complexity index is 672. The average Bonchev–Trinajstić information content (AvgIpc) is 3.03. The molecule has 0 radical (unpaired) electrons. The van der Waals surface area contributed by atoms with Crippen molar-refractivity contribution in [3.63, 3.8) is 0 Å². The topological polar surface area (TPSA) is 38.2 Å². The van der Waals surface area contributed by atoms with Gasteiger partial charge in [0.2, 0.25) is 0 Å². The number of nitrogens with zero attached hydrogens (tertiary/aromatic N) is 3. The summed E-state index contributed by atoms with van der Waals surface area (Å²) in [5, 5.41) is 0. The minimum Gasteiger partial charge on any atom is -0.494 e. The molecule has 4 heteroatoms. The molecule has 24 heavy (non-hydrogen) atoms. The van der Waals surface area contributed by atoms with E-state index in [1.54, 1.807) is 12.4 Å². The molecule has 0 bridgehead atoms. The lowest BCUT2D eigenvalue weighted by Crippen LogP contribution is -2.31. The molecule has 1 heterocycles. The molecule has 2 aromatic rings. The highest BCUT2D eigenvalue weighted by Gasteiger charge is 2.18. The van der Waals surface area contributed by atoms with Crippen LogP contribution in [0.4, 0.5) is 0 Å². The van der Waals surface area contributed by atoms with Crippen LogP contribution in [-0.2, 0) is 25.8 Å². The van der Waals surface area contributed by atoms with E-state index < -0.39 is 0 Å². The predicted molar refractivity (Wildman–Crippen MR) is 96.3 cm³/mol. The summed E-state index contributed by atoms with van der Waals surface area (Å²) in [5.41, 5.74) is 5.31. The summed E-state index contributed by atoms with van der Waals surface area (Å²) in [6.45, 7) is 5.90. The molecule has 1 aromatic carbocycles. The summed E-state index contributed by atoms with van der Waals surface area (Å²) >= 11 is 0. The normalized spacial score (nSPS) is 14.7. The second-order valence-electron chi connectivity index (χ2n) is 6.68. The number of aromatic nitrogens is 2. The number of benzene rings is 1. The summed E-state index contributed by atoms with van der Waals surface area (Å²) in [7, 11) is 2.17. The average molecular weight is 325 g/mol. The third-order valence-corrected chi connectivity index (χ3v) is 4.87. The molecule has 128 valence electrons. The van der Waals surface area contributed by atoms with E-state index in [2.05, 4.69) is 47.9 Å². The molecule has 1 aromatic heterocycles. The first kappa shape index (κ1) is 16.9. The van der Waals surface area contributed by atoms with E-state index in [0.717, 1.165) is 24.4 Å². The Morgan fingerprint density at radius 1 is 1.21 bits per heavy atom. The van der Waals surface area contributed by atoms with Gasteiger partial charge in [-0.2, -0.15) is 0 Å². The SMILES string of the molecule is CCOc1cc2c(cc1CN(C)C(C)Cc1cnccn1)CCC2. The zero-order valence-electron chi connectivity index (χ0n) is 15.0. The molecule has 3 rings (SSSR count). The highest BCUT2D eigenvalue weighted by atomic mass is 16.5. The van der Waals surface area contributed by atoms with Gasteiger partial charge in [-0.05, 0) is 57.4 Å². The Kier molecular flexibility index (Phi) is 5.46. The van der Waals surface area contributed by atoms with Crippen molar-refractivity contribution in [2.24, 2.45) is 0 Å². The molecule has 1 unspecified atom stereocenters. The summed E-state index contributed by atoms with van der Waals surface area (Å²) in [6.07, 6.45) is 9.89. The smallest absolute Gasteiger partial charge is 0.124 e. The van der Waals surface area contributed by atoms with E-state index >= 15 is 0 Å². The molecule has 1 aliphatic carbocycles. The van der Waals surface area contributed by atoms with Gasteiger partial charge in [-0.3, -0.25) is 14.9 Å². The number of aryl methyl sites for hydroxylation is 2. The Morgan fingerprint density at radius 2 is 2.00 bits per heavy atom. The molecule has 0 saturated carbocycles. The molecule has 1 atom stereocenters. The Hall–Kier alpha value is -1.94. The first-order valence-corrected chi connectivity index (χ1v) is 8.90. The van der Waals surface area contributed by atoms with Crippen LogP contribution in [-0.4, -0.2) is 34.6 Å². The van der Waals surface area contributed by atoms with Crippen molar-refractivity contribution >= 4 is 0 Å². The Labute approximate surface area is 144 Å². The van der Waals surface area contributed by atoms with Crippen LogP contribution < -0.4 is 4.74 Å². The monoisotopic (exact) mass is 325 g/mol. The second-order valence-corrected chi connectivity index (χ2v) is 6.68. The van der Waals surface area contributed by atoms with E-state index in [1.165, 1.54) is 36.0 Å². The summed E-state index contributed by atoms with van der Waals surface area (Å²) in [5.74, 6) is 1.05. The first-order chi connectivity index (χ1) is 11.7. The molecule has 0 amide bonds. The van der Waals surface area contributed by atoms with Gasteiger partial charge in [0, 0.05) is 43.2 Å². The van der Waals surface area contributed by atoms with Crippen molar-refractivity contribution in [2.45, 2.75) is 52.1 Å². The number of likely N-dealkylation sites (N-methyl/N-ethyl adjacent to an activating group) is 1. The van der Waals surface area contributed by atoms with Crippen molar-refractivity contribution in [2.75, 3.05) is 13.7 Å². The first-order valence-electron chi connectivity index (χ1n) is 8.90. The molecular weight excluding hydrogens is 298 g/mol. The fourth-order valence-electron chi connectivity index (χ4n) is 3.38. The van der Waals surface area contributed by atoms with Crippen LogP contribution in [0.5, 0.6) is 5.75 Å². The van der Waals surface area contributed by atoms with Crippen molar-refractivity contribution in [1.82, 2.24) is 14.9 Å². The van der Waals surface area contributed by atoms with Crippen LogP contribution in [0.2, 0.25) is 0 Å². The van der Waals surface area contributed by atoms with Crippen LogP contribution >= 0.6 is 0 Å². The second kappa shape index (κ2) is 7.75. The highest BCUT2D eigenvalue weighted by molar-refractivity contribution is 5.44. The van der Waals surface area contributed by atoms with E-state index in [0.29, 0.717) is 12.6 Å².